The first-order valence-electron chi connectivity index (χ1n) is 5.42. The van der Waals surface area contributed by atoms with Gasteiger partial charge >= 0.3 is 0 Å². The molecule has 0 bridgehead atoms. The predicted octanol–water partition coefficient (Wildman–Crippen LogP) is 3.33. The molecule has 1 aromatic carbocycles. The lowest BCUT2D eigenvalue weighted by atomic mass is 9.97. The van der Waals surface area contributed by atoms with Crippen molar-refractivity contribution in [2.45, 2.75) is 26.2 Å². The fourth-order valence-electron chi connectivity index (χ4n) is 1.62. The van der Waals surface area contributed by atoms with Gasteiger partial charge < -0.3 is 10.5 Å². The van der Waals surface area contributed by atoms with Crippen molar-refractivity contribution in [2.24, 2.45) is 5.73 Å². The Bertz CT molecular complexity index is 357. The smallest absolute Gasteiger partial charge is 0.145 e. The molecule has 4 heteroatoms. The Labute approximate surface area is 101 Å². The van der Waals surface area contributed by atoms with Gasteiger partial charge in [-0.15, -0.1) is 0 Å². The second-order valence-corrected chi connectivity index (χ2v) is 4.12. The average molecular weight is 246 g/mol. The largest absolute Gasteiger partial charge is 0.493 e. The fourth-order valence-corrected chi connectivity index (χ4v) is 1.79. The zero-order valence-corrected chi connectivity index (χ0v) is 10.4. The third-order valence-electron chi connectivity index (χ3n) is 2.48. The Kier molecular flexibility index (Phi) is 5.03. The third kappa shape index (κ3) is 3.09. The average Bonchev–Trinajstić information content (AvgIpc) is 2.23. The van der Waals surface area contributed by atoms with Crippen LogP contribution < -0.4 is 10.5 Å². The standard InChI is InChI=1S/C12H17ClFNO/c1-3-16-12-7-11(14)10(13)6-9(12)8(2)4-5-15/h6-8H,3-5,15H2,1-2H3/t8-/m1/s1. The quantitative estimate of drug-likeness (QED) is 0.864. The molecular formula is C12H17ClFNO. The van der Waals surface area contributed by atoms with Crippen molar-refractivity contribution in [3.63, 3.8) is 0 Å². The monoisotopic (exact) mass is 245 g/mol. The first-order chi connectivity index (χ1) is 7.60. The van der Waals surface area contributed by atoms with Crippen LogP contribution in [0, 0.1) is 5.82 Å². The number of nitrogens with two attached hydrogens (primary N) is 1. The Morgan fingerprint density at radius 2 is 2.19 bits per heavy atom. The minimum Gasteiger partial charge on any atom is -0.493 e. The van der Waals surface area contributed by atoms with E-state index in [4.69, 9.17) is 22.1 Å². The number of benzene rings is 1. The van der Waals surface area contributed by atoms with Crippen molar-refractivity contribution in [1.29, 1.82) is 0 Å². The van der Waals surface area contributed by atoms with Crippen LogP contribution >= 0.6 is 11.6 Å². The van der Waals surface area contributed by atoms with Gasteiger partial charge in [0.05, 0.1) is 11.6 Å². The molecule has 0 amide bonds. The minimum atomic E-state index is -0.450. The van der Waals surface area contributed by atoms with E-state index in [2.05, 4.69) is 0 Å². The normalized spacial score (nSPS) is 12.6. The van der Waals surface area contributed by atoms with Crippen LogP contribution in [0.4, 0.5) is 4.39 Å². The second kappa shape index (κ2) is 6.06. The van der Waals surface area contributed by atoms with Gasteiger partial charge in [-0.1, -0.05) is 18.5 Å². The number of halogens is 2. The Morgan fingerprint density at radius 3 is 2.75 bits per heavy atom. The van der Waals surface area contributed by atoms with Gasteiger partial charge in [-0.05, 0) is 37.4 Å². The van der Waals surface area contributed by atoms with Crippen LogP contribution in [0.3, 0.4) is 0 Å². The van der Waals surface area contributed by atoms with Crippen LogP contribution in [0.2, 0.25) is 5.02 Å². The van der Waals surface area contributed by atoms with Crippen LogP contribution in [0.25, 0.3) is 0 Å². The molecule has 2 nitrogen and oxygen atoms in total. The SMILES string of the molecule is CCOc1cc(F)c(Cl)cc1[C@H](C)CCN. The summed E-state index contributed by atoms with van der Waals surface area (Å²) in [5, 5.41) is 0.127. The lowest BCUT2D eigenvalue weighted by Crippen LogP contribution is -2.07. The predicted molar refractivity (Wildman–Crippen MR) is 64.7 cm³/mol. The number of hydrogen-bond donors (Lipinski definition) is 1. The van der Waals surface area contributed by atoms with E-state index in [1.807, 2.05) is 13.8 Å². The maximum Gasteiger partial charge on any atom is 0.145 e. The third-order valence-corrected chi connectivity index (χ3v) is 2.77. The van der Waals surface area contributed by atoms with E-state index < -0.39 is 5.82 Å². The van der Waals surface area contributed by atoms with Gasteiger partial charge in [-0.2, -0.15) is 0 Å². The molecule has 0 heterocycles. The molecule has 0 aromatic heterocycles. The molecular weight excluding hydrogens is 229 g/mol. The van der Waals surface area contributed by atoms with Crippen molar-refractivity contribution in [2.75, 3.05) is 13.2 Å². The Hall–Kier alpha value is -0.800. The molecule has 0 saturated carbocycles. The zero-order valence-electron chi connectivity index (χ0n) is 9.59. The van der Waals surface area contributed by atoms with Crippen LogP contribution in [-0.4, -0.2) is 13.2 Å². The molecule has 0 saturated heterocycles. The van der Waals surface area contributed by atoms with E-state index in [0.29, 0.717) is 18.9 Å². The minimum absolute atomic E-state index is 0.127. The van der Waals surface area contributed by atoms with Gasteiger partial charge in [-0.3, -0.25) is 0 Å². The van der Waals surface area contributed by atoms with E-state index in [1.54, 1.807) is 6.07 Å². The van der Waals surface area contributed by atoms with Gasteiger partial charge in [0, 0.05) is 6.07 Å². The Balaban J connectivity index is 3.08. The van der Waals surface area contributed by atoms with Crippen molar-refractivity contribution < 1.29 is 9.13 Å². The van der Waals surface area contributed by atoms with E-state index >= 15 is 0 Å². The molecule has 0 radical (unpaired) electrons. The van der Waals surface area contributed by atoms with E-state index in [1.165, 1.54) is 6.07 Å². The molecule has 1 rings (SSSR count). The number of hydrogen-bond acceptors (Lipinski definition) is 2. The molecule has 0 unspecified atom stereocenters. The summed E-state index contributed by atoms with van der Waals surface area (Å²) < 4.78 is 18.7. The first-order valence-corrected chi connectivity index (χ1v) is 5.79. The van der Waals surface area contributed by atoms with Crippen LogP contribution in [0.1, 0.15) is 31.7 Å². The summed E-state index contributed by atoms with van der Waals surface area (Å²) in [6.45, 7) is 4.98. The molecule has 0 aliphatic rings. The summed E-state index contributed by atoms with van der Waals surface area (Å²) in [5.74, 6) is 0.323. The maximum atomic E-state index is 13.3. The zero-order chi connectivity index (χ0) is 12.1. The highest BCUT2D eigenvalue weighted by molar-refractivity contribution is 6.30. The van der Waals surface area contributed by atoms with Crippen LogP contribution in [-0.2, 0) is 0 Å². The molecule has 90 valence electrons. The van der Waals surface area contributed by atoms with E-state index in [9.17, 15) is 4.39 Å². The molecule has 2 N–H and O–H groups in total. The summed E-state index contributed by atoms with van der Waals surface area (Å²) in [7, 11) is 0. The summed E-state index contributed by atoms with van der Waals surface area (Å²) in [6.07, 6.45) is 0.821. The highest BCUT2D eigenvalue weighted by atomic mass is 35.5. The van der Waals surface area contributed by atoms with Gasteiger partial charge in [0.25, 0.3) is 0 Å². The lowest BCUT2D eigenvalue weighted by Gasteiger charge is -2.16. The molecule has 0 fully saturated rings. The Morgan fingerprint density at radius 1 is 1.50 bits per heavy atom. The van der Waals surface area contributed by atoms with E-state index in [0.717, 1.165) is 12.0 Å². The fraction of sp³-hybridized carbons (Fsp3) is 0.500. The van der Waals surface area contributed by atoms with Crippen molar-refractivity contribution in [1.82, 2.24) is 0 Å². The number of rotatable bonds is 5. The lowest BCUT2D eigenvalue weighted by molar-refractivity contribution is 0.332. The molecule has 16 heavy (non-hydrogen) atoms. The molecule has 1 aromatic rings. The van der Waals surface area contributed by atoms with Crippen molar-refractivity contribution in [3.8, 4) is 5.75 Å². The van der Waals surface area contributed by atoms with Gasteiger partial charge in [0.1, 0.15) is 11.6 Å². The summed E-state index contributed by atoms with van der Waals surface area (Å²) >= 11 is 5.77. The topological polar surface area (TPSA) is 35.2 Å². The van der Waals surface area contributed by atoms with Crippen molar-refractivity contribution in [3.05, 3.63) is 28.5 Å². The van der Waals surface area contributed by atoms with Gasteiger partial charge in [0.2, 0.25) is 0 Å². The summed E-state index contributed by atoms with van der Waals surface area (Å²) in [4.78, 5) is 0. The van der Waals surface area contributed by atoms with Gasteiger partial charge in [0.15, 0.2) is 0 Å². The summed E-state index contributed by atoms with van der Waals surface area (Å²) in [6, 6.07) is 2.97. The molecule has 0 aliphatic heterocycles. The van der Waals surface area contributed by atoms with Crippen LogP contribution in [0.15, 0.2) is 12.1 Å². The van der Waals surface area contributed by atoms with Gasteiger partial charge in [-0.25, -0.2) is 4.39 Å². The molecule has 0 aliphatic carbocycles. The number of ether oxygens (including phenoxy) is 1. The maximum absolute atomic E-state index is 13.3. The van der Waals surface area contributed by atoms with E-state index in [-0.39, 0.29) is 10.9 Å². The van der Waals surface area contributed by atoms with Crippen LogP contribution in [0.5, 0.6) is 5.75 Å². The highest BCUT2D eigenvalue weighted by Gasteiger charge is 2.14. The second-order valence-electron chi connectivity index (χ2n) is 3.72. The summed E-state index contributed by atoms with van der Waals surface area (Å²) in [5.41, 5.74) is 6.43. The first kappa shape index (κ1) is 13.3. The molecule has 1 atom stereocenters. The molecule has 0 spiro atoms. The highest BCUT2D eigenvalue weighted by Crippen LogP contribution is 2.33. The van der Waals surface area contributed by atoms with Crippen molar-refractivity contribution >= 4 is 11.6 Å².